The first-order valence-corrected chi connectivity index (χ1v) is 5.83. The molecule has 0 radical (unpaired) electrons. The summed E-state index contributed by atoms with van der Waals surface area (Å²) in [7, 11) is 1.94. The Morgan fingerprint density at radius 3 is 3.06 bits per heavy atom. The summed E-state index contributed by atoms with van der Waals surface area (Å²) in [5.74, 6) is 0.282. The van der Waals surface area contributed by atoms with Crippen LogP contribution in [0, 0.1) is 23.1 Å². The van der Waals surface area contributed by atoms with Gasteiger partial charge in [-0.1, -0.05) is 0 Å². The van der Waals surface area contributed by atoms with Gasteiger partial charge in [0.05, 0.1) is 17.3 Å². The molecule has 1 N–H and O–H groups in total. The van der Waals surface area contributed by atoms with Crippen molar-refractivity contribution in [3.63, 3.8) is 0 Å². The Morgan fingerprint density at radius 1 is 1.59 bits per heavy atom. The summed E-state index contributed by atoms with van der Waals surface area (Å²) in [5.41, 5.74) is 0.986. The summed E-state index contributed by atoms with van der Waals surface area (Å²) < 4.78 is 13.8. The van der Waals surface area contributed by atoms with E-state index in [2.05, 4.69) is 10.2 Å². The highest BCUT2D eigenvalue weighted by atomic mass is 19.1. The van der Waals surface area contributed by atoms with Crippen molar-refractivity contribution in [2.45, 2.75) is 6.42 Å². The molecule has 90 valence electrons. The summed E-state index contributed by atoms with van der Waals surface area (Å²) in [6.45, 7) is 2.73. The standard InChI is InChI=1S/C13H16FN3/c1-16-8-11-4-5-17(9-11)13-3-2-10(7-15)6-12(13)14/h2-3,6,11,16H,4-5,8-9H2,1H3. The van der Waals surface area contributed by atoms with Gasteiger partial charge in [0, 0.05) is 13.1 Å². The number of benzene rings is 1. The van der Waals surface area contributed by atoms with Gasteiger partial charge in [0.15, 0.2) is 0 Å². The lowest BCUT2D eigenvalue weighted by molar-refractivity contribution is 0.548. The molecule has 1 atom stereocenters. The van der Waals surface area contributed by atoms with Crippen LogP contribution in [0.4, 0.5) is 10.1 Å². The highest BCUT2D eigenvalue weighted by Gasteiger charge is 2.23. The molecule has 0 aliphatic carbocycles. The lowest BCUT2D eigenvalue weighted by atomic mass is 10.1. The van der Waals surface area contributed by atoms with Crippen molar-refractivity contribution < 1.29 is 4.39 Å². The number of nitrogens with one attached hydrogen (secondary N) is 1. The van der Waals surface area contributed by atoms with E-state index < -0.39 is 0 Å². The molecule has 1 fully saturated rings. The molecule has 1 unspecified atom stereocenters. The Bertz CT molecular complexity index is 439. The van der Waals surface area contributed by atoms with Crippen molar-refractivity contribution in [3.05, 3.63) is 29.6 Å². The van der Waals surface area contributed by atoms with Gasteiger partial charge in [-0.05, 0) is 44.1 Å². The van der Waals surface area contributed by atoms with Crippen LogP contribution >= 0.6 is 0 Å². The fourth-order valence-electron chi connectivity index (χ4n) is 2.34. The molecule has 0 amide bonds. The van der Waals surface area contributed by atoms with Crippen LogP contribution in [-0.4, -0.2) is 26.7 Å². The van der Waals surface area contributed by atoms with Gasteiger partial charge in [0.2, 0.25) is 0 Å². The van der Waals surface area contributed by atoms with Crippen LogP contribution < -0.4 is 10.2 Å². The summed E-state index contributed by atoms with van der Waals surface area (Å²) in [4.78, 5) is 2.05. The lowest BCUT2D eigenvalue weighted by Gasteiger charge is -2.19. The fraction of sp³-hybridized carbons (Fsp3) is 0.462. The van der Waals surface area contributed by atoms with Crippen LogP contribution in [-0.2, 0) is 0 Å². The van der Waals surface area contributed by atoms with Gasteiger partial charge >= 0.3 is 0 Å². The predicted molar refractivity (Wildman–Crippen MR) is 65.4 cm³/mol. The van der Waals surface area contributed by atoms with Gasteiger partial charge in [0.1, 0.15) is 5.82 Å². The van der Waals surface area contributed by atoms with Crippen molar-refractivity contribution in [1.29, 1.82) is 5.26 Å². The van der Waals surface area contributed by atoms with E-state index in [-0.39, 0.29) is 5.82 Å². The van der Waals surface area contributed by atoms with Gasteiger partial charge in [-0.15, -0.1) is 0 Å². The van der Waals surface area contributed by atoms with Crippen LogP contribution in [0.25, 0.3) is 0 Å². The largest absolute Gasteiger partial charge is 0.369 e. The predicted octanol–water partition coefficient (Wildman–Crippen LogP) is 1.74. The Hall–Kier alpha value is -1.60. The lowest BCUT2D eigenvalue weighted by Crippen LogP contribution is -2.24. The quantitative estimate of drug-likeness (QED) is 0.864. The van der Waals surface area contributed by atoms with E-state index in [1.807, 2.05) is 13.1 Å². The van der Waals surface area contributed by atoms with Gasteiger partial charge in [-0.3, -0.25) is 0 Å². The number of halogens is 1. The number of rotatable bonds is 3. The molecule has 0 spiro atoms. The van der Waals surface area contributed by atoms with Crippen LogP contribution in [0.5, 0.6) is 0 Å². The van der Waals surface area contributed by atoms with Gasteiger partial charge in [-0.25, -0.2) is 4.39 Å². The number of nitriles is 1. The third kappa shape index (κ3) is 2.56. The van der Waals surface area contributed by atoms with E-state index in [0.29, 0.717) is 17.2 Å². The van der Waals surface area contributed by atoms with E-state index in [1.54, 1.807) is 12.1 Å². The normalized spacial score (nSPS) is 19.4. The minimum absolute atomic E-state index is 0.297. The minimum atomic E-state index is -0.297. The van der Waals surface area contributed by atoms with Crippen LogP contribution in [0.2, 0.25) is 0 Å². The van der Waals surface area contributed by atoms with Gasteiger partial charge in [0.25, 0.3) is 0 Å². The molecule has 1 aliphatic heterocycles. The average Bonchev–Trinajstić information content (AvgIpc) is 2.78. The Labute approximate surface area is 101 Å². The van der Waals surface area contributed by atoms with E-state index in [1.165, 1.54) is 6.07 Å². The molecule has 0 aromatic heterocycles. The summed E-state index contributed by atoms with van der Waals surface area (Å²) >= 11 is 0. The maximum atomic E-state index is 13.8. The van der Waals surface area contributed by atoms with Crippen molar-refractivity contribution in [3.8, 4) is 6.07 Å². The molecule has 0 bridgehead atoms. The number of hydrogen-bond acceptors (Lipinski definition) is 3. The second kappa shape index (κ2) is 5.15. The minimum Gasteiger partial charge on any atom is -0.369 e. The zero-order valence-electron chi connectivity index (χ0n) is 9.91. The zero-order valence-corrected chi connectivity index (χ0v) is 9.91. The average molecular weight is 233 g/mol. The smallest absolute Gasteiger partial charge is 0.147 e. The molecular weight excluding hydrogens is 217 g/mol. The van der Waals surface area contributed by atoms with Crippen LogP contribution in [0.15, 0.2) is 18.2 Å². The van der Waals surface area contributed by atoms with E-state index in [0.717, 1.165) is 26.1 Å². The second-order valence-electron chi connectivity index (χ2n) is 4.44. The first kappa shape index (κ1) is 11.9. The number of anilines is 1. The second-order valence-corrected chi connectivity index (χ2v) is 4.44. The van der Waals surface area contributed by atoms with E-state index in [4.69, 9.17) is 5.26 Å². The van der Waals surface area contributed by atoms with Crippen molar-refractivity contribution in [1.82, 2.24) is 5.32 Å². The van der Waals surface area contributed by atoms with Gasteiger partial charge < -0.3 is 10.2 Å². The number of nitrogens with zero attached hydrogens (tertiary/aromatic N) is 2. The van der Waals surface area contributed by atoms with Crippen LogP contribution in [0.3, 0.4) is 0 Å². The molecule has 1 aromatic carbocycles. The molecule has 4 heteroatoms. The highest BCUT2D eigenvalue weighted by molar-refractivity contribution is 5.51. The molecule has 2 rings (SSSR count). The monoisotopic (exact) mass is 233 g/mol. The van der Waals surface area contributed by atoms with Crippen molar-refractivity contribution >= 4 is 5.69 Å². The zero-order chi connectivity index (χ0) is 12.3. The highest BCUT2D eigenvalue weighted by Crippen LogP contribution is 2.26. The molecule has 1 aliphatic rings. The number of hydrogen-bond donors (Lipinski definition) is 1. The molecular formula is C13H16FN3. The van der Waals surface area contributed by atoms with Crippen molar-refractivity contribution in [2.24, 2.45) is 5.92 Å². The van der Waals surface area contributed by atoms with E-state index >= 15 is 0 Å². The summed E-state index contributed by atoms with van der Waals surface area (Å²) in [6.07, 6.45) is 1.08. The summed E-state index contributed by atoms with van der Waals surface area (Å²) in [5, 5.41) is 11.8. The molecule has 1 aromatic rings. The molecule has 3 nitrogen and oxygen atoms in total. The fourth-order valence-corrected chi connectivity index (χ4v) is 2.34. The van der Waals surface area contributed by atoms with Gasteiger partial charge in [-0.2, -0.15) is 5.26 Å². The molecule has 17 heavy (non-hydrogen) atoms. The topological polar surface area (TPSA) is 39.1 Å². The van der Waals surface area contributed by atoms with Crippen LogP contribution in [0.1, 0.15) is 12.0 Å². The Morgan fingerprint density at radius 2 is 2.41 bits per heavy atom. The maximum absolute atomic E-state index is 13.8. The third-order valence-corrected chi connectivity index (χ3v) is 3.20. The molecule has 1 heterocycles. The van der Waals surface area contributed by atoms with E-state index in [9.17, 15) is 4.39 Å². The first-order valence-electron chi connectivity index (χ1n) is 5.83. The van der Waals surface area contributed by atoms with Crippen molar-refractivity contribution in [2.75, 3.05) is 31.6 Å². The first-order chi connectivity index (χ1) is 8.24. The summed E-state index contributed by atoms with van der Waals surface area (Å²) in [6, 6.07) is 6.63. The molecule has 1 saturated heterocycles. The third-order valence-electron chi connectivity index (χ3n) is 3.20. The Balaban J connectivity index is 2.11. The maximum Gasteiger partial charge on any atom is 0.147 e. The molecule has 0 saturated carbocycles. The Kier molecular flexibility index (Phi) is 3.60. The SMILES string of the molecule is CNCC1CCN(c2ccc(C#N)cc2F)C1.